The number of carbonyl (C=O) groups excluding carboxylic acids is 2. The third-order valence-electron chi connectivity index (χ3n) is 3.39. The smallest absolute Gasteiger partial charge is 0.312 e. The topological polar surface area (TPSA) is 82.3 Å². The quantitative estimate of drug-likeness (QED) is 0.529. The van der Waals surface area contributed by atoms with Gasteiger partial charge >= 0.3 is 12.1 Å². The van der Waals surface area contributed by atoms with Gasteiger partial charge in [0, 0.05) is 0 Å². The molecule has 0 radical (unpaired) electrons. The molecule has 2 fully saturated rings. The summed E-state index contributed by atoms with van der Waals surface area (Å²) >= 11 is 0. The van der Waals surface area contributed by atoms with E-state index in [0.29, 0.717) is 0 Å². The van der Waals surface area contributed by atoms with Crippen LogP contribution in [0, 0.1) is 0 Å². The van der Waals surface area contributed by atoms with Gasteiger partial charge in [0.1, 0.15) is 0 Å². The average molecular weight is 226 g/mol. The zero-order valence-electron chi connectivity index (χ0n) is 9.64. The third kappa shape index (κ3) is 1.48. The molecule has 2 saturated heterocycles. The lowest BCUT2D eigenvalue weighted by molar-refractivity contribution is 0.204. The molecule has 0 saturated carbocycles. The second-order valence-corrected chi connectivity index (χ2v) is 4.65. The Balaban J connectivity index is 2.14. The zero-order valence-corrected chi connectivity index (χ0v) is 9.64. The van der Waals surface area contributed by atoms with Crippen molar-refractivity contribution in [2.45, 2.75) is 50.9 Å². The molecular weight excluding hydrogens is 208 g/mol. The van der Waals surface area contributed by atoms with Crippen molar-refractivity contribution in [3.8, 4) is 0 Å². The second-order valence-electron chi connectivity index (χ2n) is 4.65. The van der Waals surface area contributed by atoms with E-state index in [2.05, 4.69) is 28.2 Å². The van der Waals surface area contributed by atoms with Gasteiger partial charge in [0.25, 0.3) is 0 Å². The molecule has 2 rings (SSSR count). The van der Waals surface area contributed by atoms with E-state index in [-0.39, 0.29) is 12.1 Å². The maximum atomic E-state index is 11.4. The molecule has 0 atom stereocenters. The first-order valence-corrected chi connectivity index (χ1v) is 5.72. The Morgan fingerprint density at radius 1 is 1.00 bits per heavy atom. The number of nitrogens with one attached hydrogen (secondary N) is 4. The van der Waals surface area contributed by atoms with Gasteiger partial charge in [-0.3, -0.25) is 0 Å². The van der Waals surface area contributed by atoms with E-state index in [9.17, 15) is 9.59 Å². The number of unbranched alkanes of at least 4 members (excludes halogenated alkanes) is 2. The highest BCUT2D eigenvalue weighted by atomic mass is 16.2. The maximum absolute atomic E-state index is 11.4. The van der Waals surface area contributed by atoms with Crippen LogP contribution in [0.4, 0.5) is 9.59 Å². The maximum Gasteiger partial charge on any atom is 0.318 e. The second kappa shape index (κ2) is 3.54. The van der Waals surface area contributed by atoms with Crippen LogP contribution in [0.15, 0.2) is 0 Å². The molecule has 90 valence electrons. The molecule has 0 unspecified atom stereocenters. The number of rotatable bonds is 4. The molecule has 0 aromatic heterocycles. The molecule has 0 bridgehead atoms. The minimum absolute atomic E-state index is 0.244. The average Bonchev–Trinajstić information content (AvgIpc) is 2.49. The number of amides is 4. The van der Waals surface area contributed by atoms with Crippen molar-refractivity contribution in [2.24, 2.45) is 0 Å². The van der Waals surface area contributed by atoms with E-state index in [0.717, 1.165) is 25.7 Å². The lowest BCUT2D eigenvalue weighted by atomic mass is 9.92. The van der Waals surface area contributed by atoms with Gasteiger partial charge in [-0.15, -0.1) is 0 Å². The van der Waals surface area contributed by atoms with Gasteiger partial charge in [-0.1, -0.05) is 19.8 Å². The highest BCUT2D eigenvalue weighted by Gasteiger charge is 2.61. The van der Waals surface area contributed by atoms with Gasteiger partial charge in [0.15, 0.2) is 11.3 Å². The molecule has 6 nitrogen and oxygen atoms in total. The van der Waals surface area contributed by atoms with Crippen molar-refractivity contribution >= 4 is 12.1 Å². The molecule has 16 heavy (non-hydrogen) atoms. The predicted molar refractivity (Wildman–Crippen MR) is 58.6 cm³/mol. The third-order valence-corrected chi connectivity index (χ3v) is 3.39. The van der Waals surface area contributed by atoms with Crippen LogP contribution in [0.25, 0.3) is 0 Å². The summed E-state index contributed by atoms with van der Waals surface area (Å²) in [6, 6.07) is -0.488. The highest BCUT2D eigenvalue weighted by Crippen LogP contribution is 2.31. The van der Waals surface area contributed by atoms with Crippen molar-refractivity contribution in [1.29, 1.82) is 0 Å². The molecule has 0 spiro atoms. The Morgan fingerprint density at radius 2 is 1.56 bits per heavy atom. The van der Waals surface area contributed by atoms with Crippen LogP contribution >= 0.6 is 0 Å². The standard InChI is InChI=1S/C10H18N4O2/c1-3-4-5-6-10-9(2,11-7(15)13-10)12-8(16)14-10/h3-6H2,1-2H3,(H2,11,13,15)(H2,12,14,16). The molecular formula is C10H18N4O2. The van der Waals surface area contributed by atoms with E-state index in [1.807, 2.05) is 6.92 Å². The summed E-state index contributed by atoms with van der Waals surface area (Å²) < 4.78 is 0. The van der Waals surface area contributed by atoms with E-state index >= 15 is 0 Å². The monoisotopic (exact) mass is 226 g/mol. The fourth-order valence-electron chi connectivity index (χ4n) is 2.45. The van der Waals surface area contributed by atoms with Gasteiger partial charge in [0.2, 0.25) is 0 Å². The number of carbonyl (C=O) groups is 2. The van der Waals surface area contributed by atoms with Crippen molar-refractivity contribution in [2.75, 3.05) is 0 Å². The first-order chi connectivity index (χ1) is 7.51. The van der Waals surface area contributed by atoms with E-state index < -0.39 is 11.3 Å². The Morgan fingerprint density at radius 3 is 2.06 bits per heavy atom. The summed E-state index contributed by atoms with van der Waals surface area (Å²) in [6.07, 6.45) is 3.89. The van der Waals surface area contributed by atoms with Crippen LogP contribution in [0.5, 0.6) is 0 Å². The molecule has 4 amide bonds. The Kier molecular flexibility index (Phi) is 2.44. The number of fused-ring (bicyclic) bond motifs is 1. The summed E-state index contributed by atoms with van der Waals surface area (Å²) in [4.78, 5) is 22.8. The molecule has 6 heteroatoms. The van der Waals surface area contributed by atoms with E-state index in [4.69, 9.17) is 0 Å². The van der Waals surface area contributed by atoms with Crippen molar-refractivity contribution < 1.29 is 9.59 Å². The summed E-state index contributed by atoms with van der Waals surface area (Å²) in [6.45, 7) is 3.93. The fraction of sp³-hybridized carbons (Fsp3) is 0.800. The normalized spacial score (nSPS) is 36.1. The van der Waals surface area contributed by atoms with Crippen LogP contribution < -0.4 is 21.3 Å². The summed E-state index contributed by atoms with van der Waals surface area (Å²) in [5.74, 6) is 0. The molecule has 2 aliphatic heterocycles. The Labute approximate surface area is 94.5 Å². The van der Waals surface area contributed by atoms with Crippen LogP contribution in [-0.4, -0.2) is 23.4 Å². The van der Waals surface area contributed by atoms with Crippen molar-refractivity contribution in [3.63, 3.8) is 0 Å². The van der Waals surface area contributed by atoms with Crippen LogP contribution in [0.2, 0.25) is 0 Å². The van der Waals surface area contributed by atoms with Crippen molar-refractivity contribution in [1.82, 2.24) is 21.3 Å². The molecule has 2 aliphatic rings. The minimum Gasteiger partial charge on any atom is -0.312 e. The zero-order chi connectivity index (χ0) is 11.8. The largest absolute Gasteiger partial charge is 0.318 e. The Bertz CT molecular complexity index is 309. The fourth-order valence-corrected chi connectivity index (χ4v) is 2.45. The lowest BCUT2D eigenvalue weighted by Crippen LogP contribution is -2.63. The first kappa shape index (κ1) is 11.0. The molecule has 0 aromatic carbocycles. The van der Waals surface area contributed by atoms with Crippen molar-refractivity contribution in [3.05, 3.63) is 0 Å². The van der Waals surface area contributed by atoms with Crippen LogP contribution in [0.3, 0.4) is 0 Å². The molecule has 4 N–H and O–H groups in total. The Hall–Kier alpha value is -1.46. The van der Waals surface area contributed by atoms with Gasteiger partial charge in [-0.2, -0.15) is 0 Å². The van der Waals surface area contributed by atoms with E-state index in [1.165, 1.54) is 0 Å². The number of urea groups is 2. The lowest BCUT2D eigenvalue weighted by Gasteiger charge is -2.34. The van der Waals surface area contributed by atoms with E-state index in [1.54, 1.807) is 0 Å². The number of hydrogen-bond donors (Lipinski definition) is 4. The minimum atomic E-state index is -0.727. The van der Waals surface area contributed by atoms with Gasteiger partial charge < -0.3 is 21.3 Å². The van der Waals surface area contributed by atoms with Gasteiger partial charge in [-0.05, 0) is 19.8 Å². The summed E-state index contributed by atoms with van der Waals surface area (Å²) in [5.41, 5.74) is -1.41. The highest BCUT2D eigenvalue weighted by molar-refractivity contribution is 5.87. The molecule has 0 aliphatic carbocycles. The van der Waals surface area contributed by atoms with Crippen LogP contribution in [-0.2, 0) is 0 Å². The predicted octanol–water partition coefficient (Wildman–Crippen LogP) is 0.605. The van der Waals surface area contributed by atoms with Crippen LogP contribution in [0.1, 0.15) is 39.5 Å². The summed E-state index contributed by atoms with van der Waals surface area (Å²) in [5, 5.41) is 11.1. The number of hydrogen-bond acceptors (Lipinski definition) is 2. The molecule has 0 aromatic rings. The molecule has 2 heterocycles. The van der Waals surface area contributed by atoms with Gasteiger partial charge in [-0.25, -0.2) is 9.59 Å². The van der Waals surface area contributed by atoms with Gasteiger partial charge in [0.05, 0.1) is 0 Å². The summed E-state index contributed by atoms with van der Waals surface area (Å²) in [7, 11) is 0. The SMILES string of the molecule is CCCCCC12NC(=O)NC1(C)NC(=O)N2. The first-order valence-electron chi connectivity index (χ1n) is 5.72.